The molecule has 1 heterocycles. The number of hydrogen-bond donors (Lipinski definition) is 1. The van der Waals surface area contributed by atoms with Crippen LogP contribution in [0.15, 0.2) is 6.20 Å². The van der Waals surface area contributed by atoms with Gasteiger partial charge in [0, 0.05) is 13.6 Å². The molecule has 0 saturated carbocycles. The van der Waals surface area contributed by atoms with E-state index < -0.39 is 0 Å². The fourth-order valence-corrected chi connectivity index (χ4v) is 1.48. The Kier molecular flexibility index (Phi) is 4.15. The Morgan fingerprint density at radius 3 is 2.87 bits per heavy atom. The summed E-state index contributed by atoms with van der Waals surface area (Å²) in [6.07, 6.45) is 2.67. The molecule has 84 valence electrons. The minimum Gasteiger partial charge on any atom is -0.394 e. The average molecular weight is 229 g/mol. The summed E-state index contributed by atoms with van der Waals surface area (Å²) in [4.78, 5) is 9.95. The quantitative estimate of drug-likeness (QED) is 0.803. The van der Waals surface area contributed by atoms with E-state index in [-0.39, 0.29) is 5.28 Å². The number of halogens is 1. The summed E-state index contributed by atoms with van der Waals surface area (Å²) in [5.41, 5.74) is 6.34. The van der Waals surface area contributed by atoms with Crippen molar-refractivity contribution < 1.29 is 0 Å². The Bertz CT molecular complexity index is 329. The van der Waals surface area contributed by atoms with E-state index in [1.54, 1.807) is 0 Å². The highest BCUT2D eigenvalue weighted by atomic mass is 35.5. The molecule has 0 aliphatic heterocycles. The lowest BCUT2D eigenvalue weighted by molar-refractivity contribution is 0.558. The number of rotatable bonds is 4. The summed E-state index contributed by atoms with van der Waals surface area (Å²) >= 11 is 5.73. The van der Waals surface area contributed by atoms with Crippen LogP contribution in [0.4, 0.5) is 11.5 Å². The molecule has 0 aliphatic carbocycles. The molecule has 15 heavy (non-hydrogen) atoms. The minimum atomic E-state index is 0.232. The van der Waals surface area contributed by atoms with Crippen LogP contribution in [0.25, 0.3) is 0 Å². The van der Waals surface area contributed by atoms with Crippen molar-refractivity contribution in [2.24, 2.45) is 5.92 Å². The van der Waals surface area contributed by atoms with Crippen molar-refractivity contribution in [2.75, 3.05) is 24.2 Å². The first-order valence-electron chi connectivity index (χ1n) is 5.03. The number of aromatic nitrogens is 2. The zero-order valence-electron chi connectivity index (χ0n) is 9.37. The number of anilines is 2. The van der Waals surface area contributed by atoms with Gasteiger partial charge < -0.3 is 10.6 Å². The molecular formula is C10H17ClN4. The summed E-state index contributed by atoms with van der Waals surface area (Å²) < 4.78 is 0. The van der Waals surface area contributed by atoms with Crippen molar-refractivity contribution in [2.45, 2.75) is 20.3 Å². The number of nitrogens with zero attached hydrogens (tertiary/aromatic N) is 3. The zero-order chi connectivity index (χ0) is 11.4. The van der Waals surface area contributed by atoms with Gasteiger partial charge in [-0.2, -0.15) is 4.98 Å². The van der Waals surface area contributed by atoms with E-state index in [0.29, 0.717) is 17.4 Å². The van der Waals surface area contributed by atoms with Gasteiger partial charge in [0.1, 0.15) is 0 Å². The van der Waals surface area contributed by atoms with Crippen molar-refractivity contribution in [3.63, 3.8) is 0 Å². The van der Waals surface area contributed by atoms with Crippen LogP contribution in [0.5, 0.6) is 0 Å². The maximum absolute atomic E-state index is 5.78. The molecule has 4 nitrogen and oxygen atoms in total. The van der Waals surface area contributed by atoms with E-state index in [1.165, 1.54) is 6.20 Å². The summed E-state index contributed by atoms with van der Waals surface area (Å²) in [7, 11) is 1.96. The van der Waals surface area contributed by atoms with Gasteiger partial charge in [0.25, 0.3) is 0 Å². The number of hydrogen-bond acceptors (Lipinski definition) is 4. The number of nitrogen functional groups attached to an aromatic ring is 1. The molecule has 2 N–H and O–H groups in total. The van der Waals surface area contributed by atoms with Crippen LogP contribution >= 0.6 is 11.6 Å². The van der Waals surface area contributed by atoms with Crippen LogP contribution in [-0.4, -0.2) is 23.6 Å². The Balaban J connectivity index is 2.80. The minimum absolute atomic E-state index is 0.232. The molecular weight excluding hydrogens is 212 g/mol. The largest absolute Gasteiger partial charge is 0.394 e. The Labute approximate surface area is 95.5 Å². The van der Waals surface area contributed by atoms with E-state index in [0.717, 1.165) is 13.0 Å². The lowest BCUT2D eigenvalue weighted by Crippen LogP contribution is -2.25. The van der Waals surface area contributed by atoms with Crippen molar-refractivity contribution in [1.82, 2.24) is 9.97 Å². The van der Waals surface area contributed by atoms with Crippen molar-refractivity contribution in [3.05, 3.63) is 11.5 Å². The Morgan fingerprint density at radius 1 is 1.60 bits per heavy atom. The molecule has 0 spiro atoms. The van der Waals surface area contributed by atoms with Gasteiger partial charge in [0.05, 0.1) is 11.9 Å². The predicted molar refractivity (Wildman–Crippen MR) is 64.2 cm³/mol. The summed E-state index contributed by atoms with van der Waals surface area (Å²) in [5.74, 6) is 1.30. The van der Waals surface area contributed by atoms with Crippen molar-refractivity contribution in [1.29, 1.82) is 0 Å². The molecule has 0 fully saturated rings. The van der Waals surface area contributed by atoms with Gasteiger partial charge >= 0.3 is 0 Å². The lowest BCUT2D eigenvalue weighted by atomic mass is 10.1. The normalized spacial score (nSPS) is 12.5. The van der Waals surface area contributed by atoms with E-state index in [2.05, 4.69) is 23.8 Å². The first-order valence-corrected chi connectivity index (χ1v) is 5.41. The second kappa shape index (κ2) is 5.16. The molecule has 1 unspecified atom stereocenters. The highest BCUT2D eigenvalue weighted by Crippen LogP contribution is 2.20. The van der Waals surface area contributed by atoms with Gasteiger partial charge in [0.2, 0.25) is 5.28 Å². The maximum Gasteiger partial charge on any atom is 0.224 e. The highest BCUT2D eigenvalue weighted by Gasteiger charge is 2.11. The fraction of sp³-hybridized carbons (Fsp3) is 0.600. The van der Waals surface area contributed by atoms with Gasteiger partial charge in [-0.15, -0.1) is 0 Å². The first kappa shape index (κ1) is 12.0. The third kappa shape index (κ3) is 3.23. The zero-order valence-corrected chi connectivity index (χ0v) is 10.1. The van der Waals surface area contributed by atoms with Gasteiger partial charge in [-0.05, 0) is 17.5 Å². The third-order valence-corrected chi connectivity index (χ3v) is 2.59. The van der Waals surface area contributed by atoms with Crippen molar-refractivity contribution >= 4 is 23.1 Å². The van der Waals surface area contributed by atoms with E-state index >= 15 is 0 Å². The second-order valence-electron chi connectivity index (χ2n) is 3.81. The SMILES string of the molecule is CCC(C)CN(C)c1nc(Cl)ncc1N. The predicted octanol–water partition coefficient (Wildman–Crippen LogP) is 2.19. The average Bonchev–Trinajstić information content (AvgIpc) is 2.21. The molecule has 1 rings (SSSR count). The molecule has 1 aromatic heterocycles. The fourth-order valence-electron chi connectivity index (χ4n) is 1.35. The Morgan fingerprint density at radius 2 is 2.27 bits per heavy atom. The molecule has 0 aliphatic rings. The summed E-state index contributed by atoms with van der Waals surface area (Å²) in [5, 5.41) is 0.232. The van der Waals surface area contributed by atoms with E-state index in [1.807, 2.05) is 11.9 Å². The molecule has 5 heteroatoms. The molecule has 1 atom stereocenters. The first-order chi connectivity index (χ1) is 7.04. The van der Waals surface area contributed by atoms with Crippen LogP contribution in [0.3, 0.4) is 0 Å². The van der Waals surface area contributed by atoms with E-state index in [9.17, 15) is 0 Å². The van der Waals surface area contributed by atoms with E-state index in [4.69, 9.17) is 17.3 Å². The van der Waals surface area contributed by atoms with Crippen LogP contribution < -0.4 is 10.6 Å². The van der Waals surface area contributed by atoms with Gasteiger partial charge in [-0.1, -0.05) is 20.3 Å². The third-order valence-electron chi connectivity index (χ3n) is 2.41. The Hall–Kier alpha value is -1.03. The summed E-state index contributed by atoms with van der Waals surface area (Å²) in [6.45, 7) is 5.26. The van der Waals surface area contributed by atoms with Crippen molar-refractivity contribution in [3.8, 4) is 0 Å². The maximum atomic E-state index is 5.78. The molecule has 0 amide bonds. The van der Waals surface area contributed by atoms with Gasteiger partial charge in [-0.3, -0.25) is 0 Å². The molecule has 0 saturated heterocycles. The number of nitrogens with two attached hydrogens (primary N) is 1. The molecule has 1 aromatic rings. The standard InChI is InChI=1S/C10H17ClN4/c1-4-7(2)6-15(3)9-8(12)5-13-10(11)14-9/h5,7H,4,6,12H2,1-3H3. The van der Waals surface area contributed by atoms with Crippen LogP contribution in [0, 0.1) is 5.92 Å². The topological polar surface area (TPSA) is 55.0 Å². The molecule has 0 radical (unpaired) electrons. The smallest absolute Gasteiger partial charge is 0.224 e. The second-order valence-corrected chi connectivity index (χ2v) is 4.15. The van der Waals surface area contributed by atoms with Gasteiger partial charge in [0.15, 0.2) is 5.82 Å². The lowest BCUT2D eigenvalue weighted by Gasteiger charge is -2.22. The van der Waals surface area contributed by atoms with Gasteiger partial charge in [-0.25, -0.2) is 4.98 Å². The molecule has 0 bridgehead atoms. The molecule has 0 aromatic carbocycles. The summed E-state index contributed by atoms with van der Waals surface area (Å²) in [6, 6.07) is 0. The highest BCUT2D eigenvalue weighted by molar-refractivity contribution is 6.28. The van der Waals surface area contributed by atoms with Crippen LogP contribution in [0.2, 0.25) is 5.28 Å². The monoisotopic (exact) mass is 228 g/mol. The van der Waals surface area contributed by atoms with Crippen LogP contribution in [0.1, 0.15) is 20.3 Å². The van der Waals surface area contributed by atoms with Crippen LogP contribution in [-0.2, 0) is 0 Å².